The predicted octanol–water partition coefficient (Wildman–Crippen LogP) is 3.70. The Labute approximate surface area is 152 Å². The average molecular weight is 362 g/mol. The Balaban J connectivity index is 2.11. The van der Waals surface area contributed by atoms with Crippen molar-refractivity contribution < 1.29 is 13.5 Å². The van der Waals surface area contributed by atoms with Gasteiger partial charge in [0, 0.05) is 17.1 Å². The molecular weight excluding hydrogens is 350 g/mol. The molecule has 132 valence electrons. The van der Waals surface area contributed by atoms with Crippen molar-refractivity contribution in [2.24, 2.45) is 0 Å². The van der Waals surface area contributed by atoms with Gasteiger partial charge in [-0.25, -0.2) is 8.78 Å². The van der Waals surface area contributed by atoms with E-state index >= 15 is 4.39 Å². The summed E-state index contributed by atoms with van der Waals surface area (Å²) in [7, 11) is 1.35. The number of aromatic nitrogens is 3. The number of nitrogen functional groups attached to an aromatic ring is 1. The summed E-state index contributed by atoms with van der Waals surface area (Å²) in [6.07, 6.45) is 6.86. The number of terminal acetylenes is 1. The molecule has 0 saturated heterocycles. The number of hydrogen-bond acceptors (Lipinski definition) is 5. The van der Waals surface area contributed by atoms with Gasteiger partial charge in [-0.2, -0.15) is 9.97 Å². The second-order valence-corrected chi connectivity index (χ2v) is 5.75. The third-order valence-electron chi connectivity index (χ3n) is 4.27. The van der Waals surface area contributed by atoms with Crippen LogP contribution in [0.4, 0.5) is 14.6 Å². The lowest BCUT2D eigenvalue weighted by molar-refractivity contribution is 0.382. The minimum absolute atomic E-state index is 0.0182. The molecule has 2 N–H and O–H groups in total. The Morgan fingerprint density at radius 3 is 2.70 bits per heavy atom. The maximum Gasteiger partial charge on any atom is 0.318 e. The first kappa shape index (κ1) is 16.7. The van der Waals surface area contributed by atoms with Crippen molar-refractivity contribution in [3.8, 4) is 29.6 Å². The van der Waals surface area contributed by atoms with Crippen molar-refractivity contribution in [2.45, 2.75) is 0 Å². The van der Waals surface area contributed by atoms with Crippen molar-refractivity contribution >= 4 is 27.5 Å². The first-order valence-electron chi connectivity index (χ1n) is 7.89. The van der Waals surface area contributed by atoms with E-state index in [1.165, 1.54) is 19.4 Å². The van der Waals surface area contributed by atoms with Gasteiger partial charge < -0.3 is 10.5 Å². The van der Waals surface area contributed by atoms with Crippen LogP contribution in [0.25, 0.3) is 32.9 Å². The fourth-order valence-electron chi connectivity index (χ4n) is 3.03. The van der Waals surface area contributed by atoms with Crippen LogP contribution in [-0.4, -0.2) is 22.1 Å². The maximum atomic E-state index is 15.3. The predicted molar refractivity (Wildman–Crippen MR) is 99.1 cm³/mol. The van der Waals surface area contributed by atoms with Gasteiger partial charge in [-0.15, -0.1) is 6.42 Å². The Bertz CT molecular complexity index is 1260. The van der Waals surface area contributed by atoms with Crippen molar-refractivity contribution in [3.05, 3.63) is 53.7 Å². The molecule has 2 aromatic heterocycles. The summed E-state index contributed by atoms with van der Waals surface area (Å²) in [6, 6.07) is 7.91. The second kappa shape index (κ2) is 6.18. The molecule has 0 radical (unpaired) electrons. The number of nitrogens with two attached hydrogens (primary N) is 1. The van der Waals surface area contributed by atoms with Crippen LogP contribution in [-0.2, 0) is 0 Å². The molecule has 0 atom stereocenters. The van der Waals surface area contributed by atoms with E-state index in [0.717, 1.165) is 0 Å². The zero-order valence-corrected chi connectivity index (χ0v) is 14.1. The van der Waals surface area contributed by atoms with E-state index in [1.54, 1.807) is 24.3 Å². The molecule has 0 unspecified atom stereocenters. The summed E-state index contributed by atoms with van der Waals surface area (Å²) in [5.41, 5.74) is 6.18. The molecule has 0 aliphatic rings. The highest BCUT2D eigenvalue weighted by atomic mass is 19.1. The van der Waals surface area contributed by atoms with Gasteiger partial charge in [0.2, 0.25) is 0 Å². The number of nitrogens with zero attached hydrogens (tertiary/aromatic N) is 3. The fraction of sp³-hybridized carbons (Fsp3) is 0.0500. The van der Waals surface area contributed by atoms with E-state index in [-0.39, 0.29) is 34.0 Å². The quantitative estimate of drug-likeness (QED) is 0.551. The molecule has 0 aliphatic carbocycles. The van der Waals surface area contributed by atoms with E-state index in [0.29, 0.717) is 16.3 Å². The lowest BCUT2D eigenvalue weighted by Gasteiger charge is -2.12. The summed E-state index contributed by atoms with van der Waals surface area (Å²) < 4.78 is 34.5. The lowest BCUT2D eigenvalue weighted by atomic mass is 9.96. The SMILES string of the molecule is C#Cc1c(F)ccc2cccc(-c3ncc4c(N)nc(OC)nc4c3F)c12. The number of benzene rings is 2. The molecule has 5 nitrogen and oxygen atoms in total. The van der Waals surface area contributed by atoms with Crippen LogP contribution in [0.2, 0.25) is 0 Å². The zero-order chi connectivity index (χ0) is 19.1. The monoisotopic (exact) mass is 362 g/mol. The van der Waals surface area contributed by atoms with Gasteiger partial charge >= 0.3 is 6.01 Å². The van der Waals surface area contributed by atoms with E-state index in [9.17, 15) is 4.39 Å². The number of rotatable bonds is 2. The summed E-state index contributed by atoms with van der Waals surface area (Å²) in [4.78, 5) is 12.1. The standard InChI is InChI=1S/C20H12F2N4O/c1-3-11-14(21)8-7-10-5-4-6-12(15(10)11)17-16(22)18-13(9-24-17)19(23)26-20(25-18)27-2/h1,4-9H,2H3,(H2,23,25,26). The van der Waals surface area contributed by atoms with Crippen molar-refractivity contribution in [2.75, 3.05) is 12.8 Å². The number of methoxy groups -OCH3 is 1. The van der Waals surface area contributed by atoms with E-state index in [4.69, 9.17) is 16.9 Å². The van der Waals surface area contributed by atoms with Crippen LogP contribution in [0.3, 0.4) is 0 Å². The maximum absolute atomic E-state index is 15.3. The van der Waals surface area contributed by atoms with Gasteiger partial charge in [0.15, 0.2) is 5.82 Å². The zero-order valence-electron chi connectivity index (χ0n) is 14.1. The lowest BCUT2D eigenvalue weighted by Crippen LogP contribution is -2.02. The molecule has 4 rings (SSSR count). The third-order valence-corrected chi connectivity index (χ3v) is 4.27. The second-order valence-electron chi connectivity index (χ2n) is 5.75. The summed E-state index contributed by atoms with van der Waals surface area (Å²) >= 11 is 0. The normalized spacial score (nSPS) is 10.9. The highest BCUT2D eigenvalue weighted by Crippen LogP contribution is 2.35. The van der Waals surface area contributed by atoms with Crippen LogP contribution >= 0.6 is 0 Å². The number of halogens is 2. The van der Waals surface area contributed by atoms with Gasteiger partial charge in [0.05, 0.1) is 18.1 Å². The minimum atomic E-state index is -0.723. The Hall–Kier alpha value is -3.79. The molecule has 7 heteroatoms. The van der Waals surface area contributed by atoms with Crippen LogP contribution < -0.4 is 10.5 Å². The van der Waals surface area contributed by atoms with Gasteiger partial charge in [0.25, 0.3) is 0 Å². The minimum Gasteiger partial charge on any atom is -0.467 e. The highest BCUT2D eigenvalue weighted by molar-refractivity contribution is 6.01. The first-order chi connectivity index (χ1) is 13.0. The molecule has 0 fully saturated rings. The molecule has 0 saturated carbocycles. The Kier molecular flexibility index (Phi) is 3.81. The number of fused-ring (bicyclic) bond motifs is 2. The molecular formula is C20H12F2N4O. The third kappa shape index (κ3) is 2.50. The smallest absolute Gasteiger partial charge is 0.318 e. The molecule has 0 amide bonds. The van der Waals surface area contributed by atoms with Crippen LogP contribution in [0, 0.1) is 24.0 Å². The summed E-state index contributed by atoms with van der Waals surface area (Å²) in [5.74, 6) is 1.10. The fourth-order valence-corrected chi connectivity index (χ4v) is 3.03. The molecule has 0 aliphatic heterocycles. The van der Waals surface area contributed by atoms with Crippen LogP contribution in [0.1, 0.15) is 5.56 Å². The molecule has 2 heterocycles. The van der Waals surface area contributed by atoms with Crippen molar-refractivity contribution in [1.82, 2.24) is 15.0 Å². The number of pyridine rings is 1. The molecule has 27 heavy (non-hydrogen) atoms. The Morgan fingerprint density at radius 1 is 1.15 bits per heavy atom. The largest absolute Gasteiger partial charge is 0.467 e. The van der Waals surface area contributed by atoms with Gasteiger partial charge in [-0.3, -0.25) is 4.98 Å². The number of ether oxygens (including phenoxy) is 1. The first-order valence-corrected chi connectivity index (χ1v) is 7.89. The number of hydrogen-bond donors (Lipinski definition) is 1. The van der Waals surface area contributed by atoms with Gasteiger partial charge in [-0.05, 0) is 11.5 Å². The average Bonchev–Trinajstić information content (AvgIpc) is 2.68. The van der Waals surface area contributed by atoms with Gasteiger partial charge in [0.1, 0.15) is 22.8 Å². The van der Waals surface area contributed by atoms with Crippen molar-refractivity contribution in [1.29, 1.82) is 0 Å². The van der Waals surface area contributed by atoms with Crippen molar-refractivity contribution in [3.63, 3.8) is 0 Å². The topological polar surface area (TPSA) is 73.9 Å². The molecule has 0 bridgehead atoms. The van der Waals surface area contributed by atoms with Crippen LogP contribution in [0.15, 0.2) is 36.5 Å². The molecule has 4 aromatic rings. The molecule has 0 spiro atoms. The highest BCUT2D eigenvalue weighted by Gasteiger charge is 2.19. The van der Waals surface area contributed by atoms with E-state index < -0.39 is 11.6 Å². The summed E-state index contributed by atoms with van der Waals surface area (Å²) in [6.45, 7) is 0. The van der Waals surface area contributed by atoms with E-state index in [1.807, 2.05) is 0 Å². The van der Waals surface area contributed by atoms with Gasteiger partial charge in [-0.1, -0.05) is 30.2 Å². The summed E-state index contributed by atoms with van der Waals surface area (Å²) in [5, 5.41) is 1.32. The molecule has 2 aromatic carbocycles. The Morgan fingerprint density at radius 2 is 1.96 bits per heavy atom. The van der Waals surface area contributed by atoms with E-state index in [2.05, 4.69) is 20.9 Å². The number of anilines is 1. The van der Waals surface area contributed by atoms with Crippen LogP contribution in [0.5, 0.6) is 6.01 Å².